The number of hydrogen-bond donors (Lipinski definition) is 1. The zero-order valence-corrected chi connectivity index (χ0v) is 21.2. The molecule has 10 heteroatoms. The van der Waals surface area contributed by atoms with E-state index < -0.39 is 36.1 Å². The van der Waals surface area contributed by atoms with E-state index in [0.29, 0.717) is 18.1 Å². The van der Waals surface area contributed by atoms with E-state index in [9.17, 15) is 27.6 Å². The molecule has 1 fully saturated rings. The van der Waals surface area contributed by atoms with Gasteiger partial charge in [-0.05, 0) is 72.4 Å². The summed E-state index contributed by atoms with van der Waals surface area (Å²) < 4.78 is 63.4. The Bertz CT molecular complexity index is 1560. The third-order valence-corrected chi connectivity index (χ3v) is 6.48. The number of alkyl halides is 3. The van der Waals surface area contributed by atoms with Crippen LogP contribution in [0.1, 0.15) is 51.8 Å². The number of nitrogens with one attached hydrogen (secondary N) is 1. The maximum atomic E-state index is 14.8. The summed E-state index contributed by atoms with van der Waals surface area (Å²) in [5, 5.41) is 15.6. The van der Waals surface area contributed by atoms with Gasteiger partial charge in [-0.3, -0.25) is 4.79 Å². The zero-order valence-electron chi connectivity index (χ0n) is 21.2. The van der Waals surface area contributed by atoms with E-state index in [-0.39, 0.29) is 22.6 Å². The molecule has 3 aromatic carbocycles. The molecule has 1 aliphatic carbocycles. The van der Waals surface area contributed by atoms with Crippen LogP contribution in [0.2, 0.25) is 0 Å². The molecule has 0 aliphatic heterocycles. The molecule has 1 heterocycles. The Labute approximate surface area is 227 Å². The maximum Gasteiger partial charge on any atom is 0.319 e. The summed E-state index contributed by atoms with van der Waals surface area (Å²) in [6.45, 7) is -1.51. The smallest absolute Gasteiger partial charge is 0.319 e. The summed E-state index contributed by atoms with van der Waals surface area (Å²) >= 11 is 0. The highest BCUT2D eigenvalue weighted by Gasteiger charge is 2.37. The number of hydrogen-bond acceptors (Lipinski definition) is 4. The molecule has 6 nitrogen and oxygen atoms in total. The van der Waals surface area contributed by atoms with Crippen molar-refractivity contribution in [2.75, 3.05) is 18.6 Å². The van der Waals surface area contributed by atoms with Crippen LogP contribution >= 0.6 is 0 Å². The van der Waals surface area contributed by atoms with Crippen molar-refractivity contribution in [1.82, 2.24) is 9.78 Å². The van der Waals surface area contributed by atoms with Crippen molar-refractivity contribution < 1.29 is 27.1 Å². The van der Waals surface area contributed by atoms with Gasteiger partial charge in [0.15, 0.2) is 6.67 Å². The summed E-state index contributed by atoms with van der Waals surface area (Å²) in [4.78, 5) is 13.3. The van der Waals surface area contributed by atoms with Crippen LogP contribution in [0.5, 0.6) is 0 Å². The maximum absolute atomic E-state index is 14.8. The van der Waals surface area contributed by atoms with E-state index in [0.717, 1.165) is 35.2 Å². The molecule has 0 radical (unpaired) electrons. The van der Waals surface area contributed by atoms with Gasteiger partial charge in [-0.15, -0.1) is 0 Å². The number of ether oxygens (including phenoxy) is 1. The SMILES string of the molecule is N#Cc1cccc(-n2nc(C(F)(F)CF)cc2C(=O)Nc2cc(F)cc(C(OCC3CC3)c3ccccc3)c2)c1. The molecule has 204 valence electrons. The average molecular weight is 549 g/mol. The number of carbonyl (C=O) groups is 1. The lowest BCUT2D eigenvalue weighted by Gasteiger charge is -2.20. The topological polar surface area (TPSA) is 79.9 Å². The van der Waals surface area contributed by atoms with E-state index in [1.54, 1.807) is 6.07 Å². The van der Waals surface area contributed by atoms with Crippen molar-refractivity contribution in [1.29, 1.82) is 5.26 Å². The van der Waals surface area contributed by atoms with E-state index >= 15 is 0 Å². The molecule has 40 heavy (non-hydrogen) atoms. The first-order chi connectivity index (χ1) is 19.3. The second-order valence-corrected chi connectivity index (χ2v) is 9.62. The standard InChI is InChI=1S/C30H24F4N4O2/c31-18-30(33,34)27-15-26(38(37-27)25-8-4-5-20(11-25)16-35)29(39)36-24-13-22(12-23(32)14-24)28(40-17-19-9-10-19)21-6-2-1-3-7-21/h1-8,11-15,19,28H,9-10,17-18H2,(H,36,39). The second kappa shape index (κ2) is 11.3. The van der Waals surface area contributed by atoms with Gasteiger partial charge in [-0.2, -0.15) is 19.1 Å². The van der Waals surface area contributed by atoms with Gasteiger partial charge in [-0.1, -0.05) is 36.4 Å². The summed E-state index contributed by atoms with van der Waals surface area (Å²) in [7, 11) is 0. The minimum atomic E-state index is -3.94. The number of halogens is 4. The first-order valence-corrected chi connectivity index (χ1v) is 12.6. The van der Waals surface area contributed by atoms with Crippen LogP contribution in [0, 0.1) is 23.1 Å². The van der Waals surface area contributed by atoms with Crippen molar-refractivity contribution in [2.45, 2.75) is 24.9 Å². The molecule has 0 bridgehead atoms. The molecule has 1 N–H and O–H groups in total. The number of amides is 1. The van der Waals surface area contributed by atoms with Crippen molar-refractivity contribution >= 4 is 11.6 Å². The lowest BCUT2D eigenvalue weighted by molar-refractivity contribution is -0.0324. The Morgan fingerprint density at radius 3 is 2.55 bits per heavy atom. The predicted octanol–water partition coefficient (Wildman–Crippen LogP) is 6.71. The number of rotatable bonds is 10. The molecule has 5 rings (SSSR count). The van der Waals surface area contributed by atoms with Crippen molar-refractivity contribution in [3.05, 3.63) is 113 Å². The normalized spacial score (nSPS) is 14.0. The van der Waals surface area contributed by atoms with E-state index in [1.165, 1.54) is 30.3 Å². The molecule has 0 spiro atoms. The largest absolute Gasteiger partial charge is 0.368 e. The molecule has 1 aliphatic rings. The summed E-state index contributed by atoms with van der Waals surface area (Å²) in [6, 6.07) is 21.7. The van der Waals surface area contributed by atoms with Crippen LogP contribution in [0.3, 0.4) is 0 Å². The minimum absolute atomic E-state index is 0.0632. The fourth-order valence-corrected chi connectivity index (χ4v) is 4.25. The number of benzene rings is 3. The van der Waals surface area contributed by atoms with Crippen molar-refractivity contribution in [3.63, 3.8) is 0 Å². The van der Waals surface area contributed by atoms with Crippen molar-refractivity contribution in [2.24, 2.45) is 5.92 Å². The van der Waals surface area contributed by atoms with E-state index in [2.05, 4.69) is 10.4 Å². The zero-order chi connectivity index (χ0) is 28.3. The molecule has 0 saturated heterocycles. The van der Waals surface area contributed by atoms with Gasteiger partial charge in [0.25, 0.3) is 5.91 Å². The van der Waals surface area contributed by atoms with Gasteiger partial charge in [0.05, 0.1) is 23.9 Å². The summed E-state index contributed by atoms with van der Waals surface area (Å²) in [6.07, 6.45) is 1.54. The van der Waals surface area contributed by atoms with Gasteiger partial charge < -0.3 is 10.1 Å². The van der Waals surface area contributed by atoms with Crippen LogP contribution in [-0.2, 0) is 10.7 Å². The number of anilines is 1. The van der Waals surface area contributed by atoms with Crippen molar-refractivity contribution in [3.8, 4) is 11.8 Å². The lowest BCUT2D eigenvalue weighted by atomic mass is 10.0. The second-order valence-electron chi connectivity index (χ2n) is 9.62. The highest BCUT2D eigenvalue weighted by Crippen LogP contribution is 2.35. The number of nitrogens with zero attached hydrogens (tertiary/aromatic N) is 3. The van der Waals surface area contributed by atoms with Gasteiger partial charge in [0.1, 0.15) is 23.3 Å². The Morgan fingerprint density at radius 2 is 1.85 bits per heavy atom. The van der Waals surface area contributed by atoms with Gasteiger partial charge in [0.2, 0.25) is 0 Å². The summed E-state index contributed by atoms with van der Waals surface area (Å²) in [5.74, 6) is -5.01. The molecule has 1 saturated carbocycles. The molecule has 4 aromatic rings. The van der Waals surface area contributed by atoms with Gasteiger partial charge in [-0.25, -0.2) is 13.5 Å². The van der Waals surface area contributed by atoms with E-state index in [1.807, 2.05) is 36.4 Å². The third kappa shape index (κ3) is 6.05. The van der Waals surface area contributed by atoms with Crippen LogP contribution in [0.15, 0.2) is 78.9 Å². The van der Waals surface area contributed by atoms with Gasteiger partial charge in [0, 0.05) is 5.69 Å². The number of aromatic nitrogens is 2. The Morgan fingerprint density at radius 1 is 1.07 bits per heavy atom. The highest BCUT2D eigenvalue weighted by atomic mass is 19.3. The quantitative estimate of drug-likeness (QED) is 0.223. The molecule has 1 aromatic heterocycles. The lowest BCUT2D eigenvalue weighted by Crippen LogP contribution is -2.18. The number of carbonyl (C=O) groups excluding carboxylic acids is 1. The third-order valence-electron chi connectivity index (χ3n) is 6.48. The predicted molar refractivity (Wildman–Crippen MR) is 139 cm³/mol. The minimum Gasteiger partial charge on any atom is -0.368 e. The molecule has 1 atom stereocenters. The molecule has 1 amide bonds. The van der Waals surface area contributed by atoms with Crippen LogP contribution in [0.25, 0.3) is 5.69 Å². The Hall–Kier alpha value is -4.49. The molecular weight excluding hydrogens is 524 g/mol. The Kier molecular flexibility index (Phi) is 7.67. The number of nitriles is 1. The van der Waals surface area contributed by atoms with Gasteiger partial charge >= 0.3 is 5.92 Å². The van der Waals surface area contributed by atoms with Crippen LogP contribution < -0.4 is 5.32 Å². The fraction of sp³-hybridized carbons (Fsp3) is 0.233. The monoisotopic (exact) mass is 548 g/mol. The highest BCUT2D eigenvalue weighted by molar-refractivity contribution is 6.03. The first kappa shape index (κ1) is 27.1. The average Bonchev–Trinajstić information content (AvgIpc) is 3.67. The van der Waals surface area contributed by atoms with E-state index in [4.69, 9.17) is 4.74 Å². The molecule has 1 unspecified atom stereocenters. The molecular formula is C30H24F4N4O2. The first-order valence-electron chi connectivity index (χ1n) is 12.6. The Balaban J connectivity index is 1.49. The summed E-state index contributed by atoms with van der Waals surface area (Å²) in [5.41, 5.74) is 0.359. The van der Waals surface area contributed by atoms with Crippen LogP contribution in [-0.4, -0.2) is 29.0 Å². The van der Waals surface area contributed by atoms with Crippen LogP contribution in [0.4, 0.5) is 23.2 Å². The fourth-order valence-electron chi connectivity index (χ4n) is 4.25.